The van der Waals surface area contributed by atoms with Gasteiger partial charge < -0.3 is 20.1 Å². The summed E-state index contributed by atoms with van der Waals surface area (Å²) in [6, 6.07) is 7.31. The van der Waals surface area contributed by atoms with Crippen LogP contribution in [0.5, 0.6) is 5.75 Å². The van der Waals surface area contributed by atoms with E-state index in [1.807, 2.05) is 38.1 Å². The van der Waals surface area contributed by atoms with Crippen molar-refractivity contribution in [1.29, 1.82) is 0 Å². The van der Waals surface area contributed by atoms with Gasteiger partial charge in [-0.1, -0.05) is 26.0 Å². The Balaban J connectivity index is 0.00000242. The third kappa shape index (κ3) is 4.35. The van der Waals surface area contributed by atoms with Crippen LogP contribution in [0.4, 0.5) is 0 Å². The van der Waals surface area contributed by atoms with Crippen LogP contribution in [0.25, 0.3) is 0 Å². The van der Waals surface area contributed by atoms with Gasteiger partial charge in [-0.3, -0.25) is 4.79 Å². The zero-order valence-electron chi connectivity index (χ0n) is 13.3. The Labute approximate surface area is 138 Å². The molecular formula is C16H25ClN2O3. The van der Waals surface area contributed by atoms with Crippen LogP contribution in [-0.2, 0) is 9.53 Å². The summed E-state index contributed by atoms with van der Waals surface area (Å²) in [6.45, 7) is 5.58. The van der Waals surface area contributed by atoms with E-state index in [4.69, 9.17) is 15.2 Å². The maximum absolute atomic E-state index is 12.4. The molecule has 0 saturated carbocycles. The molecule has 22 heavy (non-hydrogen) atoms. The number of carbonyl (C=O) groups excluding carboxylic acids is 1. The monoisotopic (exact) mass is 328 g/mol. The lowest BCUT2D eigenvalue weighted by Crippen LogP contribution is -2.51. The standard InChI is InChI=1S/C16H24N2O3.ClH/c1-11(2)15(17)16(19)18-7-8-21-14(10-18)12-5-4-6-13(9-12)20-3;/h4-6,9,11,14-15H,7-8,10,17H2,1-3H3;1H/t14?,15-;/m0./s1. The van der Waals surface area contributed by atoms with Gasteiger partial charge in [0.2, 0.25) is 5.91 Å². The minimum absolute atomic E-state index is 0. The fraction of sp³-hybridized carbons (Fsp3) is 0.562. The molecule has 1 fully saturated rings. The first-order chi connectivity index (χ1) is 10.0. The van der Waals surface area contributed by atoms with E-state index in [9.17, 15) is 4.79 Å². The molecule has 2 atom stereocenters. The average molecular weight is 329 g/mol. The molecule has 0 aromatic heterocycles. The quantitative estimate of drug-likeness (QED) is 0.918. The normalized spacial score (nSPS) is 19.5. The highest BCUT2D eigenvalue weighted by atomic mass is 35.5. The molecule has 1 aromatic rings. The summed E-state index contributed by atoms with van der Waals surface area (Å²) in [6.07, 6.45) is -0.128. The van der Waals surface area contributed by atoms with Crippen molar-refractivity contribution < 1.29 is 14.3 Å². The van der Waals surface area contributed by atoms with Gasteiger partial charge in [0.15, 0.2) is 0 Å². The third-order valence-electron chi connectivity index (χ3n) is 3.85. The van der Waals surface area contributed by atoms with E-state index in [1.54, 1.807) is 12.0 Å². The number of hydrogen-bond acceptors (Lipinski definition) is 4. The molecule has 5 nitrogen and oxygen atoms in total. The fourth-order valence-corrected chi connectivity index (χ4v) is 2.39. The van der Waals surface area contributed by atoms with Crippen molar-refractivity contribution in [3.05, 3.63) is 29.8 Å². The van der Waals surface area contributed by atoms with Crippen LogP contribution < -0.4 is 10.5 Å². The summed E-state index contributed by atoms with van der Waals surface area (Å²) in [5, 5.41) is 0. The number of ether oxygens (including phenoxy) is 2. The van der Waals surface area contributed by atoms with Gasteiger partial charge in [-0.2, -0.15) is 0 Å². The van der Waals surface area contributed by atoms with Crippen LogP contribution in [0.2, 0.25) is 0 Å². The number of nitrogens with zero attached hydrogens (tertiary/aromatic N) is 1. The van der Waals surface area contributed by atoms with E-state index < -0.39 is 6.04 Å². The second kappa shape index (κ2) is 8.36. The third-order valence-corrected chi connectivity index (χ3v) is 3.85. The molecule has 0 spiro atoms. The van der Waals surface area contributed by atoms with Crippen molar-refractivity contribution in [3.63, 3.8) is 0 Å². The number of carbonyl (C=O) groups is 1. The second-order valence-corrected chi connectivity index (χ2v) is 5.69. The van der Waals surface area contributed by atoms with Gasteiger partial charge in [0, 0.05) is 6.54 Å². The topological polar surface area (TPSA) is 64.8 Å². The van der Waals surface area contributed by atoms with Crippen LogP contribution in [-0.4, -0.2) is 43.7 Å². The number of benzene rings is 1. The number of halogens is 1. The highest BCUT2D eigenvalue weighted by Gasteiger charge is 2.29. The predicted octanol–water partition coefficient (Wildman–Crippen LogP) is 2.00. The first-order valence-electron chi connectivity index (χ1n) is 7.33. The molecule has 2 N–H and O–H groups in total. The molecule has 0 aliphatic carbocycles. The van der Waals surface area contributed by atoms with E-state index in [1.165, 1.54) is 0 Å². The maximum atomic E-state index is 12.4. The Morgan fingerprint density at radius 2 is 2.18 bits per heavy atom. The van der Waals surface area contributed by atoms with E-state index in [0.717, 1.165) is 11.3 Å². The molecule has 1 saturated heterocycles. The fourth-order valence-electron chi connectivity index (χ4n) is 2.39. The number of rotatable bonds is 4. The summed E-state index contributed by atoms with van der Waals surface area (Å²) in [5.74, 6) is 0.926. The SMILES string of the molecule is COc1cccc(C2CN(C(=O)[C@@H](N)C(C)C)CCO2)c1.Cl. The summed E-state index contributed by atoms with van der Waals surface area (Å²) < 4.78 is 11.0. The van der Waals surface area contributed by atoms with Crippen molar-refractivity contribution in [2.45, 2.75) is 26.0 Å². The maximum Gasteiger partial charge on any atom is 0.239 e. The molecule has 6 heteroatoms. The smallest absolute Gasteiger partial charge is 0.239 e. The van der Waals surface area contributed by atoms with E-state index in [0.29, 0.717) is 19.7 Å². The first kappa shape index (κ1) is 18.7. The zero-order chi connectivity index (χ0) is 15.4. The Morgan fingerprint density at radius 1 is 1.45 bits per heavy atom. The molecule has 1 amide bonds. The Morgan fingerprint density at radius 3 is 2.82 bits per heavy atom. The van der Waals surface area contributed by atoms with Gasteiger partial charge in [-0.05, 0) is 23.6 Å². The van der Waals surface area contributed by atoms with Gasteiger partial charge >= 0.3 is 0 Å². The van der Waals surface area contributed by atoms with Gasteiger partial charge in [0.1, 0.15) is 11.9 Å². The van der Waals surface area contributed by atoms with Gasteiger partial charge in [-0.15, -0.1) is 12.4 Å². The van der Waals surface area contributed by atoms with E-state index in [-0.39, 0.29) is 30.3 Å². The lowest BCUT2D eigenvalue weighted by Gasteiger charge is -2.35. The lowest BCUT2D eigenvalue weighted by atomic mass is 10.0. The van der Waals surface area contributed by atoms with Crippen molar-refractivity contribution in [2.24, 2.45) is 11.7 Å². The predicted molar refractivity (Wildman–Crippen MR) is 88.3 cm³/mol. The highest BCUT2D eigenvalue weighted by molar-refractivity contribution is 5.85. The summed E-state index contributed by atoms with van der Waals surface area (Å²) in [4.78, 5) is 14.2. The minimum atomic E-state index is -0.450. The molecule has 2 rings (SSSR count). The van der Waals surface area contributed by atoms with Gasteiger partial charge in [-0.25, -0.2) is 0 Å². The number of methoxy groups -OCH3 is 1. The molecule has 0 bridgehead atoms. The van der Waals surface area contributed by atoms with Crippen molar-refractivity contribution in [1.82, 2.24) is 4.90 Å². The highest BCUT2D eigenvalue weighted by Crippen LogP contribution is 2.25. The number of amides is 1. The van der Waals surface area contributed by atoms with Gasteiger partial charge in [0.05, 0.1) is 26.3 Å². The summed E-state index contributed by atoms with van der Waals surface area (Å²) in [5.41, 5.74) is 6.99. The van der Waals surface area contributed by atoms with Crippen molar-refractivity contribution in [3.8, 4) is 5.75 Å². The number of morpholine rings is 1. The molecule has 124 valence electrons. The molecule has 0 radical (unpaired) electrons. The molecule has 1 aliphatic heterocycles. The number of nitrogens with two attached hydrogens (primary N) is 1. The van der Waals surface area contributed by atoms with Crippen LogP contribution in [0.3, 0.4) is 0 Å². The Kier molecular flexibility index (Phi) is 7.13. The second-order valence-electron chi connectivity index (χ2n) is 5.69. The molecule has 1 aliphatic rings. The first-order valence-corrected chi connectivity index (χ1v) is 7.33. The lowest BCUT2D eigenvalue weighted by molar-refractivity contribution is -0.141. The Hall–Kier alpha value is -1.30. The molecular weight excluding hydrogens is 304 g/mol. The van der Waals surface area contributed by atoms with Crippen LogP contribution >= 0.6 is 12.4 Å². The van der Waals surface area contributed by atoms with Crippen molar-refractivity contribution >= 4 is 18.3 Å². The van der Waals surface area contributed by atoms with Crippen molar-refractivity contribution in [2.75, 3.05) is 26.8 Å². The molecule has 1 heterocycles. The van der Waals surface area contributed by atoms with E-state index in [2.05, 4.69) is 0 Å². The largest absolute Gasteiger partial charge is 0.497 e. The Bertz CT molecular complexity index is 496. The average Bonchev–Trinajstić information content (AvgIpc) is 2.53. The summed E-state index contributed by atoms with van der Waals surface area (Å²) in [7, 11) is 1.64. The van der Waals surface area contributed by atoms with E-state index >= 15 is 0 Å². The van der Waals surface area contributed by atoms with Crippen LogP contribution in [0, 0.1) is 5.92 Å². The van der Waals surface area contributed by atoms with Crippen LogP contribution in [0.1, 0.15) is 25.5 Å². The minimum Gasteiger partial charge on any atom is -0.497 e. The molecule has 1 aromatic carbocycles. The summed E-state index contributed by atoms with van der Waals surface area (Å²) >= 11 is 0. The zero-order valence-corrected chi connectivity index (χ0v) is 14.1. The number of hydrogen-bond donors (Lipinski definition) is 1. The van der Waals surface area contributed by atoms with Gasteiger partial charge in [0.25, 0.3) is 0 Å². The van der Waals surface area contributed by atoms with Crippen LogP contribution in [0.15, 0.2) is 24.3 Å². The molecule has 1 unspecified atom stereocenters.